The van der Waals surface area contributed by atoms with Gasteiger partial charge in [-0.3, -0.25) is 4.98 Å². The van der Waals surface area contributed by atoms with E-state index >= 15 is 0 Å². The maximum absolute atomic E-state index is 5.94. The monoisotopic (exact) mass is 280 g/mol. The fourth-order valence-electron chi connectivity index (χ4n) is 1.95. The van der Waals surface area contributed by atoms with Gasteiger partial charge in [-0.15, -0.1) is 11.3 Å². The molecule has 1 N–H and O–H groups in total. The second-order valence-corrected chi connectivity index (χ2v) is 5.64. The molecule has 1 heterocycles. The largest absolute Gasteiger partial charge is 0.316 e. The van der Waals surface area contributed by atoms with Gasteiger partial charge < -0.3 is 5.32 Å². The van der Waals surface area contributed by atoms with Gasteiger partial charge in [0, 0.05) is 28.6 Å². The Morgan fingerprint density at radius 2 is 2.11 bits per heavy atom. The highest BCUT2D eigenvalue weighted by atomic mass is 35.5. The lowest BCUT2D eigenvalue weighted by molar-refractivity contribution is 0.598. The van der Waals surface area contributed by atoms with Crippen molar-refractivity contribution < 1.29 is 0 Å². The minimum Gasteiger partial charge on any atom is -0.316 e. The van der Waals surface area contributed by atoms with Crippen LogP contribution in [-0.4, -0.2) is 18.1 Å². The minimum absolute atomic E-state index is 0.475. The molecule has 18 heavy (non-hydrogen) atoms. The molecule has 0 aliphatic heterocycles. The van der Waals surface area contributed by atoms with Crippen LogP contribution in [-0.2, 0) is 6.42 Å². The zero-order valence-corrected chi connectivity index (χ0v) is 12.0. The normalized spacial score (nSPS) is 12.6. The van der Waals surface area contributed by atoms with Crippen LogP contribution in [0.3, 0.4) is 0 Å². The summed E-state index contributed by atoms with van der Waals surface area (Å²) in [4.78, 5) is 5.47. The van der Waals surface area contributed by atoms with Gasteiger partial charge >= 0.3 is 0 Å². The first-order valence-electron chi connectivity index (χ1n) is 6.13. The Balaban J connectivity index is 2.11. The number of hydrogen-bond acceptors (Lipinski definition) is 3. The molecule has 2 nitrogen and oxygen atoms in total. The Morgan fingerprint density at radius 1 is 1.33 bits per heavy atom. The third-order valence-corrected chi connectivity index (χ3v) is 3.97. The molecular formula is C14H17ClN2S. The van der Waals surface area contributed by atoms with Crippen molar-refractivity contribution in [1.82, 2.24) is 10.3 Å². The molecule has 2 aromatic rings. The van der Waals surface area contributed by atoms with E-state index in [-0.39, 0.29) is 0 Å². The molecule has 0 radical (unpaired) electrons. The number of aromatic nitrogens is 1. The molecule has 1 unspecified atom stereocenters. The molecule has 0 aliphatic carbocycles. The molecule has 0 bridgehead atoms. The van der Waals surface area contributed by atoms with Gasteiger partial charge in [0.15, 0.2) is 0 Å². The fraction of sp³-hybridized carbons (Fsp3) is 0.357. The molecule has 0 aliphatic rings. The predicted octanol–water partition coefficient (Wildman–Crippen LogP) is 3.73. The van der Waals surface area contributed by atoms with Crippen molar-refractivity contribution in [3.8, 4) is 0 Å². The van der Waals surface area contributed by atoms with E-state index in [0.717, 1.165) is 24.5 Å². The zero-order valence-electron chi connectivity index (χ0n) is 10.4. The molecule has 4 heteroatoms. The van der Waals surface area contributed by atoms with Gasteiger partial charge in [0.25, 0.3) is 0 Å². The van der Waals surface area contributed by atoms with Crippen LogP contribution in [0.2, 0.25) is 5.02 Å². The summed E-state index contributed by atoms with van der Waals surface area (Å²) in [5, 5.41) is 4.22. The fourth-order valence-corrected chi connectivity index (χ4v) is 2.75. The minimum atomic E-state index is 0.475. The second-order valence-electron chi connectivity index (χ2n) is 4.23. The first-order chi connectivity index (χ1) is 8.79. The summed E-state index contributed by atoms with van der Waals surface area (Å²) >= 11 is 7.66. The van der Waals surface area contributed by atoms with E-state index in [1.807, 2.05) is 23.8 Å². The van der Waals surface area contributed by atoms with Gasteiger partial charge in [-0.05, 0) is 30.7 Å². The van der Waals surface area contributed by atoms with Crippen LogP contribution in [0.4, 0.5) is 0 Å². The third kappa shape index (κ3) is 3.80. The van der Waals surface area contributed by atoms with Crippen molar-refractivity contribution in [2.24, 2.45) is 0 Å². The van der Waals surface area contributed by atoms with Gasteiger partial charge in [0.05, 0.1) is 5.51 Å². The highest BCUT2D eigenvalue weighted by Gasteiger charge is 2.12. The van der Waals surface area contributed by atoms with Crippen LogP contribution in [0.1, 0.15) is 23.3 Å². The quantitative estimate of drug-likeness (QED) is 0.872. The van der Waals surface area contributed by atoms with E-state index in [1.54, 1.807) is 11.3 Å². The molecule has 0 fully saturated rings. The van der Waals surface area contributed by atoms with Crippen LogP contribution >= 0.6 is 22.9 Å². The maximum Gasteiger partial charge on any atom is 0.0794 e. The Hall–Kier alpha value is -0.900. The standard InChI is InChI=1S/C14H17ClN2S/c1-2-16-8-12(7-14-9-17-10-18-14)11-3-5-13(15)6-4-11/h3-6,9-10,12,16H,2,7-8H2,1H3. The zero-order chi connectivity index (χ0) is 12.8. The summed E-state index contributed by atoms with van der Waals surface area (Å²) in [5.74, 6) is 0.475. The molecular weight excluding hydrogens is 264 g/mol. The first-order valence-corrected chi connectivity index (χ1v) is 7.39. The summed E-state index contributed by atoms with van der Waals surface area (Å²) in [6.45, 7) is 4.11. The molecule has 0 amide bonds. The van der Waals surface area contributed by atoms with E-state index in [1.165, 1.54) is 10.4 Å². The molecule has 0 saturated heterocycles. The summed E-state index contributed by atoms with van der Waals surface area (Å²) in [6.07, 6.45) is 2.98. The topological polar surface area (TPSA) is 24.9 Å². The Bertz CT molecular complexity index is 453. The van der Waals surface area contributed by atoms with Crippen LogP contribution < -0.4 is 5.32 Å². The highest BCUT2D eigenvalue weighted by molar-refractivity contribution is 7.09. The van der Waals surface area contributed by atoms with E-state index in [9.17, 15) is 0 Å². The molecule has 0 saturated carbocycles. The van der Waals surface area contributed by atoms with Crippen molar-refractivity contribution in [2.45, 2.75) is 19.3 Å². The molecule has 1 atom stereocenters. The predicted molar refractivity (Wildman–Crippen MR) is 78.6 cm³/mol. The Morgan fingerprint density at radius 3 is 2.72 bits per heavy atom. The lowest BCUT2D eigenvalue weighted by Gasteiger charge is -2.17. The van der Waals surface area contributed by atoms with Crippen molar-refractivity contribution in [2.75, 3.05) is 13.1 Å². The smallest absolute Gasteiger partial charge is 0.0794 e. The van der Waals surface area contributed by atoms with Crippen LogP contribution in [0, 0.1) is 0 Å². The number of nitrogens with zero attached hydrogens (tertiary/aromatic N) is 1. The van der Waals surface area contributed by atoms with Crippen molar-refractivity contribution in [1.29, 1.82) is 0 Å². The Kier molecular flexibility index (Phi) is 5.17. The van der Waals surface area contributed by atoms with Gasteiger partial charge in [-0.2, -0.15) is 0 Å². The van der Waals surface area contributed by atoms with Crippen molar-refractivity contribution >= 4 is 22.9 Å². The number of benzene rings is 1. The molecule has 2 rings (SSSR count). The number of likely N-dealkylation sites (N-methyl/N-ethyl adjacent to an activating group) is 1. The maximum atomic E-state index is 5.94. The van der Waals surface area contributed by atoms with Crippen molar-refractivity contribution in [3.63, 3.8) is 0 Å². The van der Waals surface area contributed by atoms with Gasteiger partial charge in [0.1, 0.15) is 0 Å². The van der Waals surface area contributed by atoms with E-state index in [0.29, 0.717) is 5.92 Å². The average molecular weight is 281 g/mol. The Labute approximate surface area is 117 Å². The van der Waals surface area contributed by atoms with E-state index in [4.69, 9.17) is 11.6 Å². The molecule has 1 aromatic heterocycles. The van der Waals surface area contributed by atoms with E-state index < -0.39 is 0 Å². The highest BCUT2D eigenvalue weighted by Crippen LogP contribution is 2.23. The SMILES string of the molecule is CCNCC(Cc1cncs1)c1ccc(Cl)cc1. The molecule has 1 aromatic carbocycles. The molecule has 96 valence electrons. The number of rotatable bonds is 6. The van der Waals surface area contributed by atoms with Gasteiger partial charge in [0.2, 0.25) is 0 Å². The first kappa shape index (κ1) is 13.5. The van der Waals surface area contributed by atoms with Gasteiger partial charge in [-0.25, -0.2) is 0 Å². The van der Waals surface area contributed by atoms with Gasteiger partial charge in [-0.1, -0.05) is 30.7 Å². The summed E-state index contributed by atoms with van der Waals surface area (Å²) < 4.78 is 0. The number of hydrogen-bond donors (Lipinski definition) is 1. The third-order valence-electron chi connectivity index (χ3n) is 2.91. The second kappa shape index (κ2) is 6.88. The number of halogens is 1. The summed E-state index contributed by atoms with van der Waals surface area (Å²) in [7, 11) is 0. The summed E-state index contributed by atoms with van der Waals surface area (Å²) in [6, 6.07) is 8.15. The van der Waals surface area contributed by atoms with E-state index in [2.05, 4.69) is 29.4 Å². The van der Waals surface area contributed by atoms with Crippen LogP contribution in [0.5, 0.6) is 0 Å². The lowest BCUT2D eigenvalue weighted by Crippen LogP contribution is -2.22. The number of thiazole rings is 1. The average Bonchev–Trinajstić information content (AvgIpc) is 2.88. The van der Waals surface area contributed by atoms with Crippen LogP contribution in [0.15, 0.2) is 36.0 Å². The lowest BCUT2D eigenvalue weighted by atomic mass is 9.95. The van der Waals surface area contributed by atoms with Crippen molar-refractivity contribution in [3.05, 3.63) is 51.4 Å². The van der Waals surface area contributed by atoms with Crippen LogP contribution in [0.25, 0.3) is 0 Å². The summed E-state index contributed by atoms with van der Waals surface area (Å²) in [5.41, 5.74) is 3.22. The number of nitrogens with one attached hydrogen (secondary N) is 1. The molecule has 0 spiro atoms.